The molecule has 1 aliphatic carbocycles. The third-order valence-electron chi connectivity index (χ3n) is 7.03. The van der Waals surface area contributed by atoms with Gasteiger partial charge in [0, 0.05) is 6.54 Å². The number of nitrogens with zero attached hydrogens (tertiary/aromatic N) is 1. The van der Waals surface area contributed by atoms with Crippen molar-refractivity contribution >= 4 is 0 Å². The quantitative estimate of drug-likeness (QED) is 0.508. The number of benzene rings is 1. The Bertz CT molecular complexity index is 569. The Kier molecular flexibility index (Phi) is 7.19. The normalized spacial score (nSPS) is 25.4. The molecule has 0 radical (unpaired) electrons. The first-order chi connectivity index (χ1) is 12.2. The highest BCUT2D eigenvalue weighted by Crippen LogP contribution is 2.43. The van der Waals surface area contributed by atoms with Crippen molar-refractivity contribution in [3.8, 4) is 5.75 Å². The summed E-state index contributed by atoms with van der Waals surface area (Å²) in [5, 5.41) is 0. The van der Waals surface area contributed by atoms with Gasteiger partial charge in [0.15, 0.2) is 0 Å². The second kappa shape index (κ2) is 8.78. The van der Waals surface area contributed by atoms with E-state index in [-0.39, 0.29) is 11.5 Å². The molecule has 1 aromatic carbocycles. The molecule has 1 aromatic rings. The summed E-state index contributed by atoms with van der Waals surface area (Å²) >= 11 is 0. The molecule has 1 fully saturated rings. The lowest BCUT2D eigenvalue weighted by Gasteiger charge is -2.37. The molecule has 0 N–H and O–H groups in total. The molecule has 0 amide bonds. The van der Waals surface area contributed by atoms with Gasteiger partial charge in [0.1, 0.15) is 5.75 Å². The molecule has 0 aromatic heterocycles. The van der Waals surface area contributed by atoms with E-state index in [1.165, 1.54) is 18.4 Å². The highest BCUT2D eigenvalue weighted by Gasteiger charge is 2.35. The minimum absolute atomic E-state index is 0.169. The number of hydrogen-bond acceptors (Lipinski definition) is 2. The predicted molar refractivity (Wildman–Crippen MR) is 113 cm³/mol. The molecule has 0 saturated heterocycles. The molecule has 2 heteroatoms. The maximum atomic E-state index is 6.37. The van der Waals surface area contributed by atoms with Crippen molar-refractivity contribution < 1.29 is 4.74 Å². The lowest BCUT2D eigenvalue weighted by atomic mass is 9.70. The van der Waals surface area contributed by atoms with E-state index >= 15 is 0 Å². The van der Waals surface area contributed by atoms with Crippen LogP contribution in [0.1, 0.15) is 66.4 Å². The van der Waals surface area contributed by atoms with E-state index in [1.807, 2.05) is 0 Å². The van der Waals surface area contributed by atoms with Crippen LogP contribution < -0.4 is 4.74 Å². The summed E-state index contributed by atoms with van der Waals surface area (Å²) in [6.07, 6.45) is 4.11. The van der Waals surface area contributed by atoms with Crippen LogP contribution in [0.4, 0.5) is 0 Å². The van der Waals surface area contributed by atoms with E-state index in [0.29, 0.717) is 11.8 Å². The van der Waals surface area contributed by atoms with Gasteiger partial charge in [-0.2, -0.15) is 0 Å². The summed E-state index contributed by atoms with van der Waals surface area (Å²) in [6.45, 7) is 15.1. The Morgan fingerprint density at radius 1 is 1.23 bits per heavy atom. The van der Waals surface area contributed by atoms with Crippen molar-refractivity contribution in [1.82, 2.24) is 4.90 Å². The van der Waals surface area contributed by atoms with Gasteiger partial charge in [-0.15, -0.1) is 0 Å². The van der Waals surface area contributed by atoms with Gasteiger partial charge in [-0.25, -0.2) is 0 Å². The summed E-state index contributed by atoms with van der Waals surface area (Å²) in [5.74, 6) is 4.08. The number of rotatable bonds is 10. The highest BCUT2D eigenvalue weighted by atomic mass is 16.5. The standard InChI is InChI=1S/C24H41NO/c1-9-24(6,19(4)16-25(7)8)22-11-10-12-23(15-22)26-20(5)17(2)13-21-14-18(21)3/h10-12,15,17-21H,9,13-14,16H2,1-8H3. The third kappa shape index (κ3) is 5.25. The fraction of sp³-hybridized carbons (Fsp3) is 0.750. The average molecular weight is 360 g/mol. The minimum atomic E-state index is 0.169. The van der Waals surface area contributed by atoms with Crippen molar-refractivity contribution in [3.05, 3.63) is 29.8 Å². The van der Waals surface area contributed by atoms with Crippen molar-refractivity contribution in [1.29, 1.82) is 0 Å². The van der Waals surface area contributed by atoms with Gasteiger partial charge in [-0.3, -0.25) is 0 Å². The number of ether oxygens (including phenoxy) is 1. The first kappa shape index (κ1) is 21.3. The van der Waals surface area contributed by atoms with E-state index in [0.717, 1.165) is 30.6 Å². The van der Waals surface area contributed by atoms with E-state index in [4.69, 9.17) is 4.74 Å². The van der Waals surface area contributed by atoms with E-state index in [1.54, 1.807) is 0 Å². The fourth-order valence-corrected chi connectivity index (χ4v) is 4.24. The molecular formula is C24H41NO. The smallest absolute Gasteiger partial charge is 0.120 e. The topological polar surface area (TPSA) is 12.5 Å². The fourth-order valence-electron chi connectivity index (χ4n) is 4.24. The van der Waals surface area contributed by atoms with Gasteiger partial charge in [-0.05, 0) is 87.1 Å². The van der Waals surface area contributed by atoms with Crippen LogP contribution in [0.15, 0.2) is 24.3 Å². The summed E-state index contributed by atoms with van der Waals surface area (Å²) < 4.78 is 6.37. The Morgan fingerprint density at radius 2 is 1.88 bits per heavy atom. The van der Waals surface area contributed by atoms with Crippen LogP contribution in [0.25, 0.3) is 0 Å². The van der Waals surface area contributed by atoms with Crippen LogP contribution in [-0.4, -0.2) is 31.6 Å². The van der Waals surface area contributed by atoms with Gasteiger partial charge < -0.3 is 9.64 Å². The van der Waals surface area contributed by atoms with Crippen LogP contribution in [-0.2, 0) is 5.41 Å². The molecule has 0 bridgehead atoms. The molecule has 6 atom stereocenters. The molecule has 2 rings (SSSR count). The first-order valence-electron chi connectivity index (χ1n) is 10.6. The number of hydrogen-bond donors (Lipinski definition) is 0. The average Bonchev–Trinajstić information content (AvgIpc) is 3.28. The summed E-state index contributed by atoms with van der Waals surface area (Å²) in [7, 11) is 4.33. The van der Waals surface area contributed by atoms with E-state index in [2.05, 4.69) is 84.8 Å². The molecule has 0 heterocycles. The third-order valence-corrected chi connectivity index (χ3v) is 7.03. The molecule has 148 valence electrons. The Labute approximate surface area is 162 Å². The van der Waals surface area contributed by atoms with E-state index in [9.17, 15) is 0 Å². The second-order valence-electron chi connectivity index (χ2n) is 9.47. The van der Waals surface area contributed by atoms with Crippen molar-refractivity contribution in [2.45, 2.75) is 72.3 Å². The van der Waals surface area contributed by atoms with Gasteiger partial charge in [0.25, 0.3) is 0 Å². The first-order valence-corrected chi connectivity index (χ1v) is 10.6. The van der Waals surface area contributed by atoms with Crippen molar-refractivity contribution in [2.75, 3.05) is 20.6 Å². The maximum absolute atomic E-state index is 6.37. The van der Waals surface area contributed by atoms with Gasteiger partial charge in [0.05, 0.1) is 6.10 Å². The molecule has 1 saturated carbocycles. The molecular weight excluding hydrogens is 318 g/mol. The maximum Gasteiger partial charge on any atom is 0.120 e. The molecule has 2 nitrogen and oxygen atoms in total. The van der Waals surface area contributed by atoms with Crippen molar-refractivity contribution in [3.63, 3.8) is 0 Å². The predicted octanol–water partition coefficient (Wildman–Crippen LogP) is 6.00. The second-order valence-corrected chi connectivity index (χ2v) is 9.47. The zero-order valence-corrected chi connectivity index (χ0v) is 18.4. The monoisotopic (exact) mass is 359 g/mol. The molecule has 1 aliphatic rings. The Morgan fingerprint density at radius 3 is 2.42 bits per heavy atom. The van der Waals surface area contributed by atoms with Crippen LogP contribution in [0.3, 0.4) is 0 Å². The van der Waals surface area contributed by atoms with Crippen molar-refractivity contribution in [2.24, 2.45) is 23.7 Å². The molecule has 0 spiro atoms. The lowest BCUT2D eigenvalue weighted by molar-refractivity contribution is 0.149. The van der Waals surface area contributed by atoms with Crippen LogP contribution in [0.5, 0.6) is 5.75 Å². The molecule has 6 unspecified atom stereocenters. The van der Waals surface area contributed by atoms with Gasteiger partial charge in [0.2, 0.25) is 0 Å². The Hall–Kier alpha value is -1.02. The highest BCUT2D eigenvalue weighted by molar-refractivity contribution is 5.34. The zero-order chi connectivity index (χ0) is 19.5. The molecule has 26 heavy (non-hydrogen) atoms. The lowest BCUT2D eigenvalue weighted by Crippen LogP contribution is -2.36. The zero-order valence-electron chi connectivity index (χ0n) is 18.4. The van der Waals surface area contributed by atoms with Crippen LogP contribution in [0, 0.1) is 23.7 Å². The Balaban J connectivity index is 2.07. The molecule has 0 aliphatic heterocycles. The summed E-state index contributed by atoms with van der Waals surface area (Å²) in [6, 6.07) is 8.86. The van der Waals surface area contributed by atoms with Crippen LogP contribution in [0.2, 0.25) is 0 Å². The summed E-state index contributed by atoms with van der Waals surface area (Å²) in [4.78, 5) is 2.29. The van der Waals surface area contributed by atoms with Gasteiger partial charge in [-0.1, -0.05) is 46.8 Å². The van der Waals surface area contributed by atoms with Gasteiger partial charge >= 0.3 is 0 Å². The minimum Gasteiger partial charge on any atom is -0.490 e. The summed E-state index contributed by atoms with van der Waals surface area (Å²) in [5.41, 5.74) is 1.57. The SMILES string of the molecule is CCC(C)(c1cccc(OC(C)C(C)CC2CC2C)c1)C(C)CN(C)C. The van der Waals surface area contributed by atoms with Crippen LogP contribution >= 0.6 is 0 Å². The largest absolute Gasteiger partial charge is 0.490 e. The van der Waals surface area contributed by atoms with E-state index < -0.39 is 0 Å².